The number of hydrogen-bond donors (Lipinski definition) is 2. The zero-order valence-electron chi connectivity index (χ0n) is 12.7. The number of piperidine rings is 1. The molecule has 1 aliphatic heterocycles. The lowest BCUT2D eigenvalue weighted by Gasteiger charge is -2.45. The number of rotatable bonds is 1. The quantitative estimate of drug-likeness (QED) is 0.724. The van der Waals surface area contributed by atoms with Gasteiger partial charge in [-0.3, -0.25) is 5.10 Å². The molecule has 1 fully saturated rings. The summed E-state index contributed by atoms with van der Waals surface area (Å²) >= 11 is 0. The highest BCUT2D eigenvalue weighted by molar-refractivity contribution is 5.88. The number of hydrogen-bond acceptors (Lipinski definition) is 2. The van der Waals surface area contributed by atoms with Crippen LogP contribution in [-0.2, 0) is 6.42 Å². The molecule has 1 saturated heterocycles. The van der Waals surface area contributed by atoms with Gasteiger partial charge in [-0.05, 0) is 43.1 Å². The minimum Gasteiger partial charge on any atom is -0.361 e. The van der Waals surface area contributed by atoms with Crippen LogP contribution in [0.3, 0.4) is 0 Å². The van der Waals surface area contributed by atoms with Crippen molar-refractivity contribution in [2.75, 3.05) is 13.6 Å². The Morgan fingerprint density at radius 3 is 3.09 bits per heavy atom. The van der Waals surface area contributed by atoms with Gasteiger partial charge in [0.25, 0.3) is 0 Å². The van der Waals surface area contributed by atoms with Gasteiger partial charge in [0, 0.05) is 47.7 Å². The van der Waals surface area contributed by atoms with Crippen molar-refractivity contribution in [3.63, 3.8) is 0 Å². The van der Waals surface area contributed by atoms with E-state index in [0.717, 1.165) is 13.0 Å². The predicted octanol–water partition coefficient (Wildman–Crippen LogP) is 3.02. The Morgan fingerprint density at radius 2 is 2.23 bits per heavy atom. The second kappa shape index (κ2) is 4.46. The highest BCUT2D eigenvalue weighted by Gasteiger charge is 2.40. The molecule has 2 aliphatic rings. The van der Waals surface area contributed by atoms with Crippen molar-refractivity contribution in [2.45, 2.75) is 30.7 Å². The average molecular weight is 292 g/mol. The third-order valence-electron chi connectivity index (χ3n) is 5.67. The van der Waals surface area contributed by atoms with Crippen LogP contribution in [0, 0.1) is 0 Å². The van der Waals surface area contributed by atoms with Gasteiger partial charge in [-0.2, -0.15) is 5.10 Å². The largest absolute Gasteiger partial charge is 0.361 e. The molecule has 4 nitrogen and oxygen atoms in total. The Bertz CT molecular complexity index is 817. The van der Waals surface area contributed by atoms with Crippen molar-refractivity contribution in [3.05, 3.63) is 53.5 Å². The maximum atomic E-state index is 4.44. The standard InChI is InChI=1S/C18H20N4/c1-22-10-12(15-5-6-20-21-15)7-14-13-3-2-4-16-18(13)11(9-19-16)8-17(14)22/h2-6,9,12,14,17,19H,7-8,10H2,1H3,(H,20,21)/t12?,14-,17-/m1/s1. The number of aromatic amines is 2. The molecule has 3 aromatic rings. The molecule has 1 aliphatic carbocycles. The molecule has 3 heterocycles. The number of likely N-dealkylation sites (tertiary alicyclic amines) is 1. The van der Waals surface area contributed by atoms with E-state index in [2.05, 4.69) is 57.6 Å². The predicted molar refractivity (Wildman–Crippen MR) is 87.1 cm³/mol. The van der Waals surface area contributed by atoms with Crippen LogP contribution in [0.4, 0.5) is 0 Å². The van der Waals surface area contributed by atoms with Gasteiger partial charge in [0.1, 0.15) is 0 Å². The third kappa shape index (κ3) is 1.64. The molecule has 0 spiro atoms. The Labute approximate surface area is 129 Å². The lowest BCUT2D eigenvalue weighted by atomic mass is 9.72. The van der Waals surface area contributed by atoms with Crippen LogP contribution >= 0.6 is 0 Å². The van der Waals surface area contributed by atoms with Gasteiger partial charge in [-0.1, -0.05) is 12.1 Å². The van der Waals surface area contributed by atoms with Gasteiger partial charge >= 0.3 is 0 Å². The molecule has 0 saturated carbocycles. The average Bonchev–Trinajstić information content (AvgIpc) is 3.19. The Hall–Kier alpha value is -2.07. The van der Waals surface area contributed by atoms with Crippen molar-refractivity contribution in [1.82, 2.24) is 20.1 Å². The van der Waals surface area contributed by atoms with Gasteiger partial charge in [0.05, 0.1) is 5.69 Å². The zero-order chi connectivity index (χ0) is 14.7. The molecule has 2 aromatic heterocycles. The number of nitrogens with one attached hydrogen (secondary N) is 2. The fourth-order valence-electron chi connectivity index (χ4n) is 4.66. The summed E-state index contributed by atoms with van der Waals surface area (Å²) in [4.78, 5) is 5.99. The molecule has 4 heteroatoms. The normalized spacial score (nSPS) is 28.0. The molecule has 0 bridgehead atoms. The van der Waals surface area contributed by atoms with Crippen molar-refractivity contribution >= 4 is 10.9 Å². The number of fused-ring (bicyclic) bond motifs is 2. The van der Waals surface area contributed by atoms with Gasteiger partial charge in [-0.15, -0.1) is 0 Å². The van der Waals surface area contributed by atoms with E-state index in [9.17, 15) is 0 Å². The molecule has 2 N–H and O–H groups in total. The van der Waals surface area contributed by atoms with Crippen molar-refractivity contribution in [3.8, 4) is 0 Å². The summed E-state index contributed by atoms with van der Waals surface area (Å²) in [7, 11) is 2.27. The van der Waals surface area contributed by atoms with Crippen LogP contribution in [0.5, 0.6) is 0 Å². The molecule has 3 atom stereocenters. The number of aromatic nitrogens is 3. The summed E-state index contributed by atoms with van der Waals surface area (Å²) < 4.78 is 0. The lowest BCUT2D eigenvalue weighted by Crippen LogP contribution is -2.47. The van der Waals surface area contributed by atoms with E-state index < -0.39 is 0 Å². The maximum absolute atomic E-state index is 4.44. The van der Waals surface area contributed by atoms with E-state index in [1.807, 2.05) is 6.20 Å². The number of nitrogens with zero attached hydrogens (tertiary/aromatic N) is 2. The fourth-order valence-corrected chi connectivity index (χ4v) is 4.66. The van der Waals surface area contributed by atoms with Crippen LogP contribution in [0.25, 0.3) is 10.9 Å². The Morgan fingerprint density at radius 1 is 1.27 bits per heavy atom. The summed E-state index contributed by atoms with van der Waals surface area (Å²) in [5.41, 5.74) is 5.50. The number of likely N-dealkylation sites (N-methyl/N-ethyl adjacent to an activating group) is 1. The van der Waals surface area contributed by atoms with Gasteiger partial charge in [-0.25, -0.2) is 0 Å². The first kappa shape index (κ1) is 12.5. The first-order valence-corrected chi connectivity index (χ1v) is 8.10. The first-order chi connectivity index (χ1) is 10.8. The summed E-state index contributed by atoms with van der Waals surface area (Å²) in [6.45, 7) is 1.10. The van der Waals surface area contributed by atoms with E-state index in [1.54, 1.807) is 0 Å². The van der Waals surface area contributed by atoms with Crippen LogP contribution in [0.2, 0.25) is 0 Å². The Balaban J connectivity index is 1.62. The van der Waals surface area contributed by atoms with Crippen molar-refractivity contribution < 1.29 is 0 Å². The van der Waals surface area contributed by atoms with Crippen LogP contribution in [0.1, 0.15) is 35.1 Å². The molecule has 5 rings (SSSR count). The molecule has 0 amide bonds. The number of H-pyrrole nitrogens is 2. The van der Waals surface area contributed by atoms with Crippen LogP contribution in [-0.4, -0.2) is 39.7 Å². The van der Waals surface area contributed by atoms with Crippen LogP contribution in [0.15, 0.2) is 36.7 Å². The molecule has 0 radical (unpaired) electrons. The maximum Gasteiger partial charge on any atom is 0.0665 e. The highest BCUT2D eigenvalue weighted by atomic mass is 15.2. The summed E-state index contributed by atoms with van der Waals surface area (Å²) in [6.07, 6.45) is 6.50. The van der Waals surface area contributed by atoms with E-state index in [0.29, 0.717) is 17.9 Å². The van der Waals surface area contributed by atoms with E-state index >= 15 is 0 Å². The van der Waals surface area contributed by atoms with Crippen LogP contribution < -0.4 is 0 Å². The number of benzene rings is 1. The highest BCUT2D eigenvalue weighted by Crippen LogP contribution is 2.46. The van der Waals surface area contributed by atoms with E-state index in [-0.39, 0.29) is 0 Å². The summed E-state index contributed by atoms with van der Waals surface area (Å²) in [6, 6.07) is 9.46. The SMILES string of the molecule is CN1CC(c2cc[nH]n2)C[C@@H]2c3cccc4[nH]cc(c34)C[C@H]21. The summed E-state index contributed by atoms with van der Waals surface area (Å²) in [5, 5.41) is 8.88. The smallest absolute Gasteiger partial charge is 0.0665 e. The molecule has 1 aromatic carbocycles. The van der Waals surface area contributed by atoms with Gasteiger partial charge < -0.3 is 9.88 Å². The fraction of sp³-hybridized carbons (Fsp3) is 0.389. The van der Waals surface area contributed by atoms with E-state index in [1.165, 1.54) is 34.1 Å². The minimum atomic E-state index is 0.522. The van der Waals surface area contributed by atoms with Gasteiger partial charge in [0.2, 0.25) is 0 Å². The Kier molecular flexibility index (Phi) is 2.53. The second-order valence-corrected chi connectivity index (χ2v) is 6.83. The van der Waals surface area contributed by atoms with E-state index in [4.69, 9.17) is 0 Å². The minimum absolute atomic E-state index is 0.522. The zero-order valence-corrected chi connectivity index (χ0v) is 12.7. The molecular formula is C18H20N4. The van der Waals surface area contributed by atoms with Gasteiger partial charge in [0.15, 0.2) is 0 Å². The molecule has 112 valence electrons. The summed E-state index contributed by atoms with van der Waals surface area (Å²) in [5.74, 6) is 1.13. The van der Waals surface area contributed by atoms with Crippen molar-refractivity contribution in [1.29, 1.82) is 0 Å². The first-order valence-electron chi connectivity index (χ1n) is 8.10. The second-order valence-electron chi connectivity index (χ2n) is 6.83. The molecule has 1 unspecified atom stereocenters. The third-order valence-corrected chi connectivity index (χ3v) is 5.67. The lowest BCUT2D eigenvalue weighted by molar-refractivity contribution is 0.138. The topological polar surface area (TPSA) is 47.7 Å². The molecule has 22 heavy (non-hydrogen) atoms. The molecular weight excluding hydrogens is 272 g/mol. The monoisotopic (exact) mass is 292 g/mol. The van der Waals surface area contributed by atoms with Crippen molar-refractivity contribution in [2.24, 2.45) is 0 Å².